The number of rotatable bonds is 13. The second-order valence-electron chi connectivity index (χ2n) is 8.93. The highest BCUT2D eigenvalue weighted by Gasteiger charge is 2.23. The first-order chi connectivity index (χ1) is 18.1. The Morgan fingerprint density at radius 1 is 0.811 bits per heavy atom. The van der Waals surface area contributed by atoms with Gasteiger partial charge in [-0.3, -0.25) is 0 Å². The maximum absolute atomic E-state index is 12.1. The van der Waals surface area contributed by atoms with E-state index in [4.69, 9.17) is 18.9 Å². The molecule has 194 valence electrons. The number of fused-ring (bicyclic) bond motifs is 3. The van der Waals surface area contributed by atoms with Gasteiger partial charge in [-0.25, -0.2) is 4.79 Å². The third-order valence-corrected chi connectivity index (χ3v) is 6.35. The molecule has 0 N–H and O–H groups in total. The van der Waals surface area contributed by atoms with Crippen LogP contribution in [0.2, 0.25) is 0 Å². The van der Waals surface area contributed by atoms with Crippen molar-refractivity contribution >= 4 is 11.5 Å². The van der Waals surface area contributed by atoms with Crippen molar-refractivity contribution in [2.75, 3.05) is 26.4 Å². The first kappa shape index (κ1) is 26.5. The molecule has 3 aromatic rings. The lowest BCUT2D eigenvalue weighted by molar-refractivity contribution is -0.156. The summed E-state index contributed by atoms with van der Waals surface area (Å²) >= 11 is 0. The Bertz CT molecular complexity index is 1210. The Hall–Kier alpha value is -3.57. The van der Waals surface area contributed by atoms with Crippen LogP contribution in [0.25, 0.3) is 16.7 Å². The minimum atomic E-state index is -0.597. The topological polar surface area (TPSA) is 54.0 Å². The van der Waals surface area contributed by atoms with Crippen LogP contribution in [0.1, 0.15) is 50.3 Å². The summed E-state index contributed by atoms with van der Waals surface area (Å²) in [5, 5.41) is 0. The van der Waals surface area contributed by atoms with Gasteiger partial charge in [-0.05, 0) is 84.0 Å². The van der Waals surface area contributed by atoms with Gasteiger partial charge in [0.25, 0.3) is 0 Å². The van der Waals surface area contributed by atoms with E-state index in [1.54, 1.807) is 6.92 Å². The molecular formula is C32H36O5. The molecule has 1 unspecified atom stereocenters. The molecule has 0 bridgehead atoms. The predicted octanol–water partition coefficient (Wildman–Crippen LogP) is 6.87. The largest absolute Gasteiger partial charge is 0.494 e. The number of carbonyl (C=O) groups is 1. The molecule has 1 aliphatic carbocycles. The van der Waals surface area contributed by atoms with Crippen LogP contribution < -0.4 is 9.47 Å². The second-order valence-corrected chi connectivity index (χ2v) is 8.93. The van der Waals surface area contributed by atoms with Crippen molar-refractivity contribution in [3.63, 3.8) is 0 Å². The maximum Gasteiger partial charge on any atom is 0.335 e. The van der Waals surface area contributed by atoms with Crippen LogP contribution in [0, 0.1) is 0 Å². The maximum atomic E-state index is 12.1. The minimum absolute atomic E-state index is 0.327. The highest BCUT2D eigenvalue weighted by atomic mass is 16.6. The van der Waals surface area contributed by atoms with Gasteiger partial charge in [0, 0.05) is 13.0 Å². The van der Waals surface area contributed by atoms with Gasteiger partial charge in [0.15, 0.2) is 6.10 Å². The fourth-order valence-corrected chi connectivity index (χ4v) is 4.53. The standard InChI is InChI=1S/C32H36O5/c1-4-7-19-36-25-16-17-28-26-10-8-9-11-27(26)29(30(28)22-25)18-20-37-24-14-12-23(13-15-24)21-31(34-5-2)32(33)35-6-3/h8-18,22,31H,4-7,19-21H2,1-3H3/b29-18+. The van der Waals surface area contributed by atoms with Crippen molar-refractivity contribution in [1.82, 2.24) is 0 Å². The molecular weight excluding hydrogens is 464 g/mol. The van der Waals surface area contributed by atoms with Crippen LogP contribution in [-0.2, 0) is 20.7 Å². The van der Waals surface area contributed by atoms with E-state index in [2.05, 4.69) is 55.5 Å². The van der Waals surface area contributed by atoms with Crippen LogP contribution in [0.15, 0.2) is 72.8 Å². The smallest absolute Gasteiger partial charge is 0.335 e. The number of esters is 1. The molecule has 5 heteroatoms. The fraction of sp³-hybridized carbons (Fsp3) is 0.344. The van der Waals surface area contributed by atoms with Crippen molar-refractivity contribution in [3.8, 4) is 22.6 Å². The van der Waals surface area contributed by atoms with Crippen LogP contribution in [0.3, 0.4) is 0 Å². The average molecular weight is 501 g/mol. The number of benzene rings is 3. The van der Waals surface area contributed by atoms with E-state index in [0.717, 1.165) is 42.1 Å². The molecule has 0 saturated carbocycles. The third-order valence-electron chi connectivity index (χ3n) is 6.35. The first-order valence-electron chi connectivity index (χ1n) is 13.2. The normalized spacial score (nSPS) is 13.6. The van der Waals surface area contributed by atoms with E-state index in [-0.39, 0.29) is 5.97 Å². The predicted molar refractivity (Wildman–Crippen MR) is 147 cm³/mol. The molecule has 0 heterocycles. The fourth-order valence-electron chi connectivity index (χ4n) is 4.53. The molecule has 0 aromatic heterocycles. The van der Waals surface area contributed by atoms with E-state index in [0.29, 0.717) is 26.2 Å². The van der Waals surface area contributed by atoms with Gasteiger partial charge in [0.1, 0.15) is 18.1 Å². The van der Waals surface area contributed by atoms with Gasteiger partial charge in [-0.15, -0.1) is 0 Å². The number of hydrogen-bond acceptors (Lipinski definition) is 5. The molecule has 0 spiro atoms. The van der Waals surface area contributed by atoms with E-state index in [9.17, 15) is 4.79 Å². The monoisotopic (exact) mass is 500 g/mol. The summed E-state index contributed by atoms with van der Waals surface area (Å²) in [6.07, 6.45) is 4.16. The highest BCUT2D eigenvalue weighted by Crippen LogP contribution is 2.45. The Labute approximate surface area is 220 Å². The summed E-state index contributed by atoms with van der Waals surface area (Å²) in [7, 11) is 0. The Kier molecular flexibility index (Phi) is 9.39. The number of carbonyl (C=O) groups excluding carboxylic acids is 1. The quantitative estimate of drug-likeness (QED) is 0.148. The summed E-state index contributed by atoms with van der Waals surface area (Å²) in [4.78, 5) is 12.1. The summed E-state index contributed by atoms with van der Waals surface area (Å²) < 4.78 is 22.8. The summed E-state index contributed by atoms with van der Waals surface area (Å²) in [6.45, 7) is 7.80. The van der Waals surface area contributed by atoms with Gasteiger partial charge < -0.3 is 18.9 Å². The number of unbranched alkanes of at least 4 members (excludes halogenated alkanes) is 1. The van der Waals surface area contributed by atoms with Gasteiger partial charge in [-0.1, -0.05) is 55.8 Å². The van der Waals surface area contributed by atoms with Gasteiger partial charge >= 0.3 is 5.97 Å². The third kappa shape index (κ3) is 6.60. The molecule has 0 saturated heterocycles. The van der Waals surface area contributed by atoms with Crippen molar-refractivity contribution in [2.24, 2.45) is 0 Å². The average Bonchev–Trinajstić information content (AvgIpc) is 3.22. The minimum Gasteiger partial charge on any atom is -0.494 e. The zero-order valence-corrected chi connectivity index (χ0v) is 22.0. The molecule has 0 fully saturated rings. The van der Waals surface area contributed by atoms with Crippen molar-refractivity contribution < 1.29 is 23.7 Å². The van der Waals surface area contributed by atoms with Crippen LogP contribution in [0.5, 0.6) is 11.5 Å². The molecule has 1 aliphatic rings. The molecule has 0 amide bonds. The van der Waals surface area contributed by atoms with Crippen LogP contribution in [0.4, 0.5) is 0 Å². The van der Waals surface area contributed by atoms with Crippen LogP contribution in [-0.4, -0.2) is 38.5 Å². The lowest BCUT2D eigenvalue weighted by Gasteiger charge is -2.15. The zero-order valence-electron chi connectivity index (χ0n) is 22.0. The lowest BCUT2D eigenvalue weighted by Crippen LogP contribution is -2.28. The molecule has 3 aromatic carbocycles. The van der Waals surface area contributed by atoms with E-state index < -0.39 is 6.10 Å². The molecule has 1 atom stereocenters. The number of ether oxygens (including phenoxy) is 4. The Morgan fingerprint density at radius 2 is 1.54 bits per heavy atom. The van der Waals surface area contributed by atoms with Crippen molar-refractivity contribution in [3.05, 3.63) is 89.5 Å². The van der Waals surface area contributed by atoms with Gasteiger partial charge in [-0.2, -0.15) is 0 Å². The summed E-state index contributed by atoms with van der Waals surface area (Å²) in [5.41, 5.74) is 7.00. The van der Waals surface area contributed by atoms with Crippen molar-refractivity contribution in [1.29, 1.82) is 0 Å². The first-order valence-corrected chi connectivity index (χ1v) is 13.2. The Balaban J connectivity index is 1.45. The highest BCUT2D eigenvalue weighted by molar-refractivity contribution is 6.01. The molecule has 0 aliphatic heterocycles. The Morgan fingerprint density at radius 3 is 2.27 bits per heavy atom. The molecule has 5 nitrogen and oxygen atoms in total. The second kappa shape index (κ2) is 13.1. The van der Waals surface area contributed by atoms with E-state index >= 15 is 0 Å². The van der Waals surface area contributed by atoms with Gasteiger partial charge in [0.05, 0.1) is 13.2 Å². The van der Waals surface area contributed by atoms with Crippen LogP contribution >= 0.6 is 0 Å². The van der Waals surface area contributed by atoms with Gasteiger partial charge in [0.2, 0.25) is 0 Å². The summed E-state index contributed by atoms with van der Waals surface area (Å²) in [5.74, 6) is 1.34. The van der Waals surface area contributed by atoms with Crippen molar-refractivity contribution in [2.45, 2.75) is 46.1 Å². The molecule has 0 radical (unpaired) electrons. The SMILES string of the molecule is CCCCOc1ccc2c(c1)/C(=C/COc1ccc(CC(OCC)C(=O)OCC)cc1)c1ccccc1-2. The number of hydrogen-bond donors (Lipinski definition) is 0. The molecule has 4 rings (SSSR count). The molecule has 37 heavy (non-hydrogen) atoms. The summed E-state index contributed by atoms with van der Waals surface area (Å²) in [6, 6.07) is 22.6. The lowest BCUT2D eigenvalue weighted by atomic mass is 10.0. The van der Waals surface area contributed by atoms with E-state index in [1.807, 2.05) is 31.2 Å². The zero-order chi connectivity index (χ0) is 26.0. The van der Waals surface area contributed by atoms with E-state index in [1.165, 1.54) is 22.3 Å².